The van der Waals surface area contributed by atoms with Crippen LogP contribution in [0.3, 0.4) is 0 Å². The third-order valence-corrected chi connectivity index (χ3v) is 3.42. The zero-order chi connectivity index (χ0) is 12.5. The highest BCUT2D eigenvalue weighted by atomic mass is 127. The fourth-order valence-electron chi connectivity index (χ4n) is 1.52. The Morgan fingerprint density at radius 1 is 1.50 bits per heavy atom. The van der Waals surface area contributed by atoms with Crippen LogP contribution in [-0.2, 0) is 6.42 Å². The summed E-state index contributed by atoms with van der Waals surface area (Å²) >= 11 is 1.78. The molecule has 0 aliphatic rings. The molecule has 0 aliphatic carbocycles. The highest BCUT2D eigenvalue weighted by Gasteiger charge is 1.96. The van der Waals surface area contributed by atoms with Crippen molar-refractivity contribution in [2.45, 2.75) is 33.1 Å². The van der Waals surface area contributed by atoms with Gasteiger partial charge in [-0.15, -0.1) is 35.3 Å². The molecule has 0 aliphatic heterocycles. The average molecular weight is 381 g/mol. The van der Waals surface area contributed by atoms with E-state index in [4.69, 9.17) is 5.73 Å². The van der Waals surface area contributed by atoms with E-state index in [-0.39, 0.29) is 24.0 Å². The standard InChI is InChI=1S/C13H23N3S.HI/c1-11(2)5-3-8-15-13(14)16-9-7-12-6-4-10-17-12;/h4,6,10-11H,3,5,7-9H2,1-2H3,(H3,14,15,16);1H. The first-order valence-corrected chi connectivity index (χ1v) is 7.12. The highest BCUT2D eigenvalue weighted by Crippen LogP contribution is 2.07. The minimum Gasteiger partial charge on any atom is -0.370 e. The van der Waals surface area contributed by atoms with Gasteiger partial charge in [0.1, 0.15) is 0 Å². The van der Waals surface area contributed by atoms with E-state index < -0.39 is 0 Å². The van der Waals surface area contributed by atoms with Gasteiger partial charge in [0.05, 0.1) is 0 Å². The van der Waals surface area contributed by atoms with Crippen LogP contribution in [0.1, 0.15) is 31.6 Å². The van der Waals surface area contributed by atoms with Gasteiger partial charge in [-0.3, -0.25) is 4.99 Å². The molecule has 0 saturated heterocycles. The lowest BCUT2D eigenvalue weighted by Crippen LogP contribution is -2.33. The molecule has 0 atom stereocenters. The molecular weight excluding hydrogens is 357 g/mol. The van der Waals surface area contributed by atoms with Crippen LogP contribution in [0.4, 0.5) is 0 Å². The van der Waals surface area contributed by atoms with Crippen molar-refractivity contribution in [2.75, 3.05) is 13.1 Å². The van der Waals surface area contributed by atoms with Gasteiger partial charge in [0.2, 0.25) is 0 Å². The van der Waals surface area contributed by atoms with Crippen molar-refractivity contribution < 1.29 is 0 Å². The van der Waals surface area contributed by atoms with E-state index in [9.17, 15) is 0 Å². The predicted molar refractivity (Wildman–Crippen MR) is 92.0 cm³/mol. The lowest BCUT2D eigenvalue weighted by molar-refractivity contribution is 0.561. The Balaban J connectivity index is 0.00000289. The Morgan fingerprint density at radius 3 is 2.89 bits per heavy atom. The van der Waals surface area contributed by atoms with Crippen LogP contribution in [0.2, 0.25) is 0 Å². The first-order valence-electron chi connectivity index (χ1n) is 6.24. The van der Waals surface area contributed by atoms with Crippen molar-refractivity contribution in [1.82, 2.24) is 5.32 Å². The molecule has 1 rings (SSSR count). The Kier molecular flexibility index (Phi) is 10.4. The van der Waals surface area contributed by atoms with E-state index >= 15 is 0 Å². The second-order valence-corrected chi connectivity index (χ2v) is 5.59. The van der Waals surface area contributed by atoms with Crippen LogP contribution in [0.25, 0.3) is 0 Å². The quantitative estimate of drug-likeness (QED) is 0.330. The van der Waals surface area contributed by atoms with Crippen molar-refractivity contribution in [2.24, 2.45) is 16.6 Å². The minimum absolute atomic E-state index is 0. The third-order valence-electron chi connectivity index (χ3n) is 2.48. The zero-order valence-electron chi connectivity index (χ0n) is 11.2. The van der Waals surface area contributed by atoms with E-state index in [1.165, 1.54) is 11.3 Å². The molecule has 1 aromatic rings. The molecule has 0 unspecified atom stereocenters. The maximum absolute atomic E-state index is 5.77. The van der Waals surface area contributed by atoms with Gasteiger partial charge in [-0.25, -0.2) is 0 Å². The number of guanidine groups is 1. The van der Waals surface area contributed by atoms with Crippen molar-refractivity contribution >= 4 is 41.3 Å². The van der Waals surface area contributed by atoms with E-state index in [1.807, 2.05) is 0 Å². The van der Waals surface area contributed by atoms with Gasteiger partial charge in [0, 0.05) is 18.0 Å². The minimum atomic E-state index is 0. The number of nitrogens with two attached hydrogens (primary N) is 1. The topological polar surface area (TPSA) is 50.4 Å². The number of nitrogens with zero attached hydrogens (tertiary/aromatic N) is 1. The molecule has 0 bridgehead atoms. The summed E-state index contributed by atoms with van der Waals surface area (Å²) in [6, 6.07) is 4.21. The van der Waals surface area contributed by atoms with Crippen LogP contribution < -0.4 is 11.1 Å². The van der Waals surface area contributed by atoms with E-state index in [0.29, 0.717) is 5.96 Å². The number of hydrogen-bond acceptors (Lipinski definition) is 2. The van der Waals surface area contributed by atoms with E-state index in [0.717, 1.165) is 31.8 Å². The zero-order valence-corrected chi connectivity index (χ0v) is 14.3. The van der Waals surface area contributed by atoms with Crippen LogP contribution in [0, 0.1) is 5.92 Å². The summed E-state index contributed by atoms with van der Waals surface area (Å²) in [6.45, 7) is 6.15. The maximum Gasteiger partial charge on any atom is 0.188 e. The molecule has 0 radical (unpaired) electrons. The Labute approximate surface area is 131 Å². The first-order chi connectivity index (χ1) is 8.18. The van der Waals surface area contributed by atoms with E-state index in [2.05, 4.69) is 41.7 Å². The second-order valence-electron chi connectivity index (χ2n) is 4.56. The summed E-state index contributed by atoms with van der Waals surface area (Å²) in [5.74, 6) is 1.32. The normalized spacial score (nSPS) is 11.4. The smallest absolute Gasteiger partial charge is 0.188 e. The van der Waals surface area contributed by atoms with Crippen LogP contribution >= 0.6 is 35.3 Å². The van der Waals surface area contributed by atoms with Gasteiger partial charge in [-0.1, -0.05) is 19.9 Å². The third kappa shape index (κ3) is 8.74. The predicted octanol–water partition coefficient (Wildman–Crippen LogP) is 3.25. The van der Waals surface area contributed by atoms with E-state index in [1.54, 1.807) is 11.3 Å². The molecular formula is C13H24IN3S. The lowest BCUT2D eigenvalue weighted by Gasteiger charge is -2.05. The first kappa shape index (κ1) is 17.7. The number of hydrogen-bond donors (Lipinski definition) is 2. The summed E-state index contributed by atoms with van der Waals surface area (Å²) < 4.78 is 0. The number of nitrogens with one attached hydrogen (secondary N) is 1. The summed E-state index contributed by atoms with van der Waals surface area (Å²) in [5.41, 5.74) is 5.77. The average Bonchev–Trinajstić information content (AvgIpc) is 2.77. The summed E-state index contributed by atoms with van der Waals surface area (Å²) in [4.78, 5) is 5.68. The van der Waals surface area contributed by atoms with Crippen LogP contribution in [-0.4, -0.2) is 19.0 Å². The molecule has 5 heteroatoms. The molecule has 0 saturated carbocycles. The Bertz CT molecular complexity index is 323. The Hall–Kier alpha value is -0.300. The largest absolute Gasteiger partial charge is 0.370 e. The maximum atomic E-state index is 5.77. The van der Waals surface area contributed by atoms with Crippen molar-refractivity contribution in [3.63, 3.8) is 0 Å². The molecule has 3 N–H and O–H groups in total. The van der Waals surface area contributed by atoms with Crippen molar-refractivity contribution in [1.29, 1.82) is 0 Å². The highest BCUT2D eigenvalue weighted by molar-refractivity contribution is 14.0. The fourth-order valence-corrected chi connectivity index (χ4v) is 2.23. The van der Waals surface area contributed by atoms with Gasteiger partial charge >= 0.3 is 0 Å². The number of thiophene rings is 1. The van der Waals surface area contributed by atoms with Crippen molar-refractivity contribution in [3.8, 4) is 0 Å². The van der Waals surface area contributed by atoms with Gasteiger partial charge < -0.3 is 11.1 Å². The molecule has 3 nitrogen and oxygen atoms in total. The lowest BCUT2D eigenvalue weighted by atomic mass is 10.1. The molecule has 0 fully saturated rings. The molecule has 1 aromatic heterocycles. The van der Waals surface area contributed by atoms with Gasteiger partial charge in [-0.2, -0.15) is 0 Å². The molecule has 18 heavy (non-hydrogen) atoms. The summed E-state index contributed by atoms with van der Waals surface area (Å²) in [5, 5.41) is 5.24. The summed E-state index contributed by atoms with van der Waals surface area (Å²) in [7, 11) is 0. The molecule has 0 aromatic carbocycles. The Morgan fingerprint density at radius 2 is 2.28 bits per heavy atom. The fraction of sp³-hybridized carbons (Fsp3) is 0.615. The monoisotopic (exact) mass is 381 g/mol. The molecule has 0 amide bonds. The molecule has 1 heterocycles. The number of aliphatic imine (C=N–C) groups is 1. The van der Waals surface area contributed by atoms with Crippen LogP contribution in [0.15, 0.2) is 22.5 Å². The molecule has 0 spiro atoms. The van der Waals surface area contributed by atoms with Crippen molar-refractivity contribution in [3.05, 3.63) is 22.4 Å². The molecule has 104 valence electrons. The summed E-state index contributed by atoms with van der Waals surface area (Å²) in [6.07, 6.45) is 3.34. The van der Waals surface area contributed by atoms with Gasteiger partial charge in [0.15, 0.2) is 5.96 Å². The number of halogens is 1. The second kappa shape index (κ2) is 10.6. The van der Waals surface area contributed by atoms with Gasteiger partial charge in [-0.05, 0) is 36.6 Å². The SMILES string of the molecule is CC(C)CCCN=C(N)NCCc1cccs1.I. The van der Waals surface area contributed by atoms with Gasteiger partial charge in [0.25, 0.3) is 0 Å². The van der Waals surface area contributed by atoms with Crippen LogP contribution in [0.5, 0.6) is 0 Å². The number of rotatable bonds is 7.